The summed E-state index contributed by atoms with van der Waals surface area (Å²) >= 11 is 0. The van der Waals surface area contributed by atoms with Crippen LogP contribution < -0.4 is 10.6 Å². The van der Waals surface area contributed by atoms with Gasteiger partial charge in [0, 0.05) is 5.56 Å². The van der Waals surface area contributed by atoms with E-state index in [1.807, 2.05) is 48.3 Å². The summed E-state index contributed by atoms with van der Waals surface area (Å²) in [5.74, 6) is 2.12. The smallest absolute Gasteiger partial charge is 0.186 e. The Bertz CT molecular complexity index is 877. The fourth-order valence-electron chi connectivity index (χ4n) is 3.45. The van der Waals surface area contributed by atoms with Crippen LogP contribution >= 0.6 is 6.89 Å². The van der Waals surface area contributed by atoms with E-state index < -0.39 is 6.89 Å². The third kappa shape index (κ3) is 3.45. The predicted molar refractivity (Wildman–Crippen MR) is 116 cm³/mol. The molecule has 0 aliphatic rings. The van der Waals surface area contributed by atoms with Crippen molar-refractivity contribution in [3.8, 4) is 0 Å². The van der Waals surface area contributed by atoms with Gasteiger partial charge in [0.1, 0.15) is 0 Å². The first kappa shape index (κ1) is 18.4. The average Bonchev–Trinajstić information content (AvgIpc) is 2.67. The van der Waals surface area contributed by atoms with Gasteiger partial charge in [-0.3, -0.25) is 4.79 Å². The second kappa shape index (κ2) is 7.48. The number of carbonyl (C=O) groups excluding carboxylic acids is 1. The minimum atomic E-state index is -2.08. The summed E-state index contributed by atoms with van der Waals surface area (Å²) in [5.41, 5.74) is 0.744. The van der Waals surface area contributed by atoms with Crippen molar-refractivity contribution in [3.63, 3.8) is 0 Å². The lowest BCUT2D eigenvalue weighted by Crippen LogP contribution is -2.33. The van der Waals surface area contributed by atoms with Crippen molar-refractivity contribution in [1.82, 2.24) is 0 Å². The average molecular weight is 360 g/mol. The lowest BCUT2D eigenvalue weighted by Gasteiger charge is -2.40. The van der Waals surface area contributed by atoms with Crippen LogP contribution in [0.2, 0.25) is 0 Å². The Labute approximate surface area is 156 Å². The van der Waals surface area contributed by atoms with Crippen molar-refractivity contribution < 1.29 is 4.79 Å². The normalized spacial score (nSPS) is 11.8. The van der Waals surface area contributed by atoms with Crippen molar-refractivity contribution in [3.05, 3.63) is 96.6 Å². The lowest BCUT2D eigenvalue weighted by atomic mass is 10.2. The summed E-state index contributed by atoms with van der Waals surface area (Å²) in [6.45, 7) is 4.66. The van der Waals surface area contributed by atoms with Crippen molar-refractivity contribution in [2.75, 3.05) is 0 Å². The summed E-state index contributed by atoms with van der Waals surface area (Å²) in [6.07, 6.45) is 0. The quantitative estimate of drug-likeness (QED) is 0.465. The second-order valence-electron chi connectivity index (χ2n) is 7.42. The molecule has 0 fully saturated rings. The minimum absolute atomic E-state index is 0.0832. The number of carbonyl (C=O) groups is 1. The van der Waals surface area contributed by atoms with Gasteiger partial charge in [0.25, 0.3) is 0 Å². The number of benzene rings is 3. The highest BCUT2D eigenvalue weighted by Gasteiger charge is 2.35. The van der Waals surface area contributed by atoms with Gasteiger partial charge in [-0.25, -0.2) is 0 Å². The Balaban J connectivity index is 2.35. The van der Waals surface area contributed by atoms with Gasteiger partial charge in [-0.05, 0) is 28.4 Å². The van der Waals surface area contributed by atoms with E-state index in [-0.39, 0.29) is 10.9 Å². The maximum atomic E-state index is 13.2. The number of Topliss-reactive ketones (excluding diaryl/α,β-unsaturated/α-hetero) is 1. The zero-order valence-electron chi connectivity index (χ0n) is 15.6. The van der Waals surface area contributed by atoms with Crippen LogP contribution in [0, 0.1) is 0 Å². The highest BCUT2D eigenvalue weighted by Crippen LogP contribution is 2.56. The van der Waals surface area contributed by atoms with E-state index >= 15 is 0 Å². The van der Waals surface area contributed by atoms with E-state index in [9.17, 15) is 4.79 Å². The topological polar surface area (TPSA) is 17.1 Å². The lowest BCUT2D eigenvalue weighted by molar-refractivity contribution is 0.107. The summed E-state index contributed by atoms with van der Waals surface area (Å²) in [6, 6.07) is 30.6. The van der Waals surface area contributed by atoms with E-state index in [0.29, 0.717) is 0 Å². The van der Waals surface area contributed by atoms with Gasteiger partial charge < -0.3 is 0 Å². The molecule has 0 N–H and O–H groups in total. The van der Waals surface area contributed by atoms with Crippen molar-refractivity contribution in [2.45, 2.75) is 25.9 Å². The molecule has 3 aromatic rings. The molecule has 0 saturated heterocycles. The molecule has 0 unspecified atom stereocenters. The summed E-state index contributed by atoms with van der Waals surface area (Å²) in [5, 5.41) is 2.39. The standard InChI is InChI=1S/C24H25OP/c1-24(2,3)26(21-15-9-5-10-16-21,22-17-11-6-12-18-22)19-23(25)20-13-7-4-8-14-20/h4-19H,1-3H3. The van der Waals surface area contributed by atoms with Crippen LogP contribution in [0.3, 0.4) is 0 Å². The van der Waals surface area contributed by atoms with E-state index in [0.717, 1.165) is 5.56 Å². The van der Waals surface area contributed by atoms with Gasteiger partial charge in [-0.1, -0.05) is 112 Å². The summed E-state index contributed by atoms with van der Waals surface area (Å²) in [7, 11) is 0. The Morgan fingerprint density at radius 2 is 1.08 bits per heavy atom. The van der Waals surface area contributed by atoms with Gasteiger partial charge in [0.2, 0.25) is 0 Å². The molecule has 0 atom stereocenters. The van der Waals surface area contributed by atoms with Crippen LogP contribution in [-0.4, -0.2) is 16.7 Å². The molecule has 3 aromatic carbocycles. The maximum Gasteiger partial charge on any atom is 0.186 e. The largest absolute Gasteiger partial charge is 0.289 e. The summed E-state index contributed by atoms with van der Waals surface area (Å²) in [4.78, 5) is 13.2. The van der Waals surface area contributed by atoms with E-state index in [1.54, 1.807) is 0 Å². The monoisotopic (exact) mass is 360 g/mol. The molecule has 0 radical (unpaired) electrons. The first-order chi connectivity index (χ1) is 12.4. The molecule has 0 bridgehead atoms. The highest BCUT2D eigenvalue weighted by molar-refractivity contribution is 7.90. The van der Waals surface area contributed by atoms with E-state index in [4.69, 9.17) is 0 Å². The summed E-state index contributed by atoms with van der Waals surface area (Å²) < 4.78 is 0. The molecule has 0 aliphatic heterocycles. The van der Waals surface area contributed by atoms with Crippen LogP contribution in [0.4, 0.5) is 0 Å². The SMILES string of the molecule is CC(C)(C)P(=CC(=O)c1ccccc1)(c1ccccc1)c1ccccc1. The Hall–Kier alpha value is -2.37. The molecule has 132 valence electrons. The molecule has 0 saturated carbocycles. The fourth-order valence-corrected chi connectivity index (χ4v) is 7.76. The molecule has 0 heterocycles. The van der Waals surface area contributed by atoms with Crippen LogP contribution in [0.15, 0.2) is 91.0 Å². The minimum Gasteiger partial charge on any atom is -0.289 e. The Morgan fingerprint density at radius 3 is 1.46 bits per heavy atom. The molecule has 0 aromatic heterocycles. The molecular formula is C24H25OP. The van der Waals surface area contributed by atoms with E-state index in [2.05, 4.69) is 69.3 Å². The number of hydrogen-bond acceptors (Lipinski definition) is 1. The molecule has 1 nitrogen and oxygen atoms in total. The molecule has 3 rings (SSSR count). The number of rotatable bonds is 4. The number of ketones is 1. The second-order valence-corrected chi connectivity index (χ2v) is 11.5. The zero-order chi connectivity index (χ0) is 18.6. The van der Waals surface area contributed by atoms with Crippen molar-refractivity contribution in [2.24, 2.45) is 0 Å². The van der Waals surface area contributed by atoms with Gasteiger partial charge in [-0.15, -0.1) is 0 Å². The van der Waals surface area contributed by atoms with Crippen LogP contribution in [0.25, 0.3) is 0 Å². The molecule has 2 heteroatoms. The van der Waals surface area contributed by atoms with Crippen LogP contribution in [-0.2, 0) is 0 Å². The van der Waals surface area contributed by atoms with Gasteiger partial charge in [-0.2, -0.15) is 0 Å². The molecule has 0 spiro atoms. The fraction of sp³-hybridized carbons (Fsp3) is 0.167. The molecule has 0 amide bonds. The third-order valence-electron chi connectivity index (χ3n) is 4.75. The van der Waals surface area contributed by atoms with Crippen LogP contribution in [0.1, 0.15) is 31.1 Å². The molecule has 26 heavy (non-hydrogen) atoms. The van der Waals surface area contributed by atoms with Gasteiger partial charge in [0.05, 0.1) is 0 Å². The van der Waals surface area contributed by atoms with Gasteiger partial charge >= 0.3 is 0 Å². The Kier molecular flexibility index (Phi) is 5.30. The Morgan fingerprint density at radius 1 is 0.692 bits per heavy atom. The first-order valence-corrected chi connectivity index (χ1v) is 10.8. The maximum absolute atomic E-state index is 13.2. The van der Waals surface area contributed by atoms with E-state index in [1.165, 1.54) is 10.6 Å². The first-order valence-electron chi connectivity index (χ1n) is 8.90. The highest BCUT2D eigenvalue weighted by atomic mass is 31.2. The number of hydrogen-bond donors (Lipinski definition) is 0. The molecule has 0 aliphatic carbocycles. The molecular weight excluding hydrogens is 335 g/mol. The predicted octanol–water partition coefficient (Wildman–Crippen LogP) is 5.14. The van der Waals surface area contributed by atoms with Crippen molar-refractivity contribution >= 4 is 29.1 Å². The zero-order valence-corrected chi connectivity index (χ0v) is 16.5. The third-order valence-corrected chi connectivity index (χ3v) is 9.72. The van der Waals surface area contributed by atoms with Gasteiger partial charge in [0.15, 0.2) is 5.78 Å². The van der Waals surface area contributed by atoms with Crippen LogP contribution in [0.5, 0.6) is 0 Å². The van der Waals surface area contributed by atoms with Crippen molar-refractivity contribution in [1.29, 1.82) is 0 Å².